The van der Waals surface area contributed by atoms with Crippen LogP contribution in [0.4, 0.5) is 0 Å². The minimum atomic E-state index is -0.912. The number of rotatable bonds is 6. The molecule has 100 valence electrons. The molecule has 0 fully saturated rings. The monoisotopic (exact) mass is 262 g/mol. The van der Waals surface area contributed by atoms with Crippen LogP contribution in [0.25, 0.3) is 6.08 Å². The second-order valence-electron chi connectivity index (χ2n) is 3.67. The SMILES string of the molecule is CCOC(=O)C(=O)c1ccc(C=CCC(=O)O)cc1. The Kier molecular flexibility index (Phi) is 5.47. The van der Waals surface area contributed by atoms with Crippen LogP contribution in [0.5, 0.6) is 0 Å². The molecule has 0 aliphatic heterocycles. The number of benzene rings is 1. The maximum absolute atomic E-state index is 11.6. The summed E-state index contributed by atoms with van der Waals surface area (Å²) < 4.78 is 4.61. The van der Waals surface area contributed by atoms with Crippen molar-refractivity contribution in [1.82, 2.24) is 0 Å². The first-order chi connectivity index (χ1) is 9.04. The van der Waals surface area contributed by atoms with Crippen LogP contribution in [-0.4, -0.2) is 29.4 Å². The number of hydrogen-bond donors (Lipinski definition) is 1. The van der Waals surface area contributed by atoms with E-state index >= 15 is 0 Å². The van der Waals surface area contributed by atoms with Crippen molar-refractivity contribution < 1.29 is 24.2 Å². The lowest BCUT2D eigenvalue weighted by Gasteiger charge is -2.01. The maximum atomic E-state index is 11.6. The molecule has 0 radical (unpaired) electrons. The van der Waals surface area contributed by atoms with Gasteiger partial charge in [0, 0.05) is 5.56 Å². The summed E-state index contributed by atoms with van der Waals surface area (Å²) in [5.74, 6) is -2.48. The first-order valence-electron chi connectivity index (χ1n) is 5.74. The first kappa shape index (κ1) is 14.6. The highest BCUT2D eigenvalue weighted by Gasteiger charge is 2.16. The van der Waals surface area contributed by atoms with E-state index in [-0.39, 0.29) is 18.6 Å². The van der Waals surface area contributed by atoms with Crippen molar-refractivity contribution in [1.29, 1.82) is 0 Å². The summed E-state index contributed by atoms with van der Waals surface area (Å²) in [4.78, 5) is 33.1. The molecule has 0 saturated heterocycles. The lowest BCUT2D eigenvalue weighted by molar-refractivity contribution is -0.137. The number of esters is 1. The fourth-order valence-electron chi connectivity index (χ4n) is 1.36. The topological polar surface area (TPSA) is 80.7 Å². The van der Waals surface area contributed by atoms with Gasteiger partial charge < -0.3 is 9.84 Å². The van der Waals surface area contributed by atoms with Crippen LogP contribution in [-0.2, 0) is 14.3 Å². The van der Waals surface area contributed by atoms with Crippen LogP contribution in [0.15, 0.2) is 30.3 Å². The summed E-state index contributed by atoms with van der Waals surface area (Å²) in [5, 5.41) is 8.47. The second kappa shape index (κ2) is 7.10. The molecule has 5 nitrogen and oxygen atoms in total. The summed E-state index contributed by atoms with van der Waals surface area (Å²) in [6.07, 6.45) is 3.07. The molecule has 1 rings (SSSR count). The van der Waals surface area contributed by atoms with Crippen molar-refractivity contribution in [2.45, 2.75) is 13.3 Å². The van der Waals surface area contributed by atoms with E-state index in [1.807, 2.05) is 0 Å². The van der Waals surface area contributed by atoms with Gasteiger partial charge in [0.1, 0.15) is 0 Å². The average molecular weight is 262 g/mol. The van der Waals surface area contributed by atoms with Crippen molar-refractivity contribution in [2.24, 2.45) is 0 Å². The van der Waals surface area contributed by atoms with Crippen LogP contribution in [0.2, 0.25) is 0 Å². The summed E-state index contributed by atoms with van der Waals surface area (Å²) in [6.45, 7) is 1.78. The summed E-state index contributed by atoms with van der Waals surface area (Å²) >= 11 is 0. The van der Waals surface area contributed by atoms with E-state index in [1.165, 1.54) is 18.2 Å². The minimum Gasteiger partial charge on any atom is -0.481 e. The van der Waals surface area contributed by atoms with Crippen LogP contribution in [0.1, 0.15) is 29.3 Å². The van der Waals surface area contributed by atoms with Crippen LogP contribution in [0.3, 0.4) is 0 Å². The highest BCUT2D eigenvalue weighted by molar-refractivity contribution is 6.40. The van der Waals surface area contributed by atoms with E-state index in [9.17, 15) is 14.4 Å². The Labute approximate surface area is 110 Å². The van der Waals surface area contributed by atoms with Gasteiger partial charge in [0.25, 0.3) is 5.78 Å². The Bertz CT molecular complexity index is 499. The Morgan fingerprint density at radius 1 is 1.21 bits per heavy atom. The average Bonchev–Trinajstić information content (AvgIpc) is 2.38. The number of carbonyl (C=O) groups is 3. The molecule has 0 spiro atoms. The lowest BCUT2D eigenvalue weighted by atomic mass is 10.1. The van der Waals surface area contributed by atoms with Crippen molar-refractivity contribution in [3.63, 3.8) is 0 Å². The predicted octanol–water partition coefficient (Wildman–Crippen LogP) is 1.92. The fourth-order valence-corrected chi connectivity index (χ4v) is 1.36. The Morgan fingerprint density at radius 2 is 1.84 bits per heavy atom. The number of ketones is 1. The van der Waals surface area contributed by atoms with Gasteiger partial charge in [-0.1, -0.05) is 36.4 Å². The second-order valence-corrected chi connectivity index (χ2v) is 3.67. The van der Waals surface area contributed by atoms with E-state index in [0.29, 0.717) is 0 Å². The number of Topliss-reactive ketones (excluding diaryl/α,β-unsaturated/α-hetero) is 1. The van der Waals surface area contributed by atoms with Crippen molar-refractivity contribution in [3.8, 4) is 0 Å². The van der Waals surface area contributed by atoms with Gasteiger partial charge in [-0.15, -0.1) is 0 Å². The molecule has 1 aromatic rings. The molecule has 0 aromatic heterocycles. The summed E-state index contributed by atoms with van der Waals surface area (Å²) in [5.41, 5.74) is 0.996. The van der Waals surface area contributed by atoms with Gasteiger partial charge in [0.15, 0.2) is 0 Å². The fraction of sp³-hybridized carbons (Fsp3) is 0.214. The van der Waals surface area contributed by atoms with Gasteiger partial charge in [-0.05, 0) is 12.5 Å². The standard InChI is InChI=1S/C14H14O5/c1-2-19-14(18)13(17)11-8-6-10(7-9-11)4-3-5-12(15)16/h3-4,6-9H,2,5H2,1H3,(H,15,16). The molecule has 0 bridgehead atoms. The maximum Gasteiger partial charge on any atom is 0.379 e. The van der Waals surface area contributed by atoms with E-state index in [1.54, 1.807) is 25.1 Å². The van der Waals surface area contributed by atoms with Crippen molar-refractivity contribution >= 4 is 23.8 Å². The molecular formula is C14H14O5. The molecule has 5 heteroatoms. The molecule has 0 saturated carbocycles. The third kappa shape index (κ3) is 4.75. The largest absolute Gasteiger partial charge is 0.481 e. The third-order valence-electron chi connectivity index (χ3n) is 2.24. The smallest absolute Gasteiger partial charge is 0.379 e. The summed E-state index contributed by atoms with van der Waals surface area (Å²) in [6, 6.07) is 6.26. The van der Waals surface area contributed by atoms with E-state index < -0.39 is 17.7 Å². The molecule has 0 unspecified atom stereocenters. The lowest BCUT2D eigenvalue weighted by Crippen LogP contribution is -2.17. The van der Waals surface area contributed by atoms with Gasteiger partial charge in [-0.25, -0.2) is 4.79 Å². The van der Waals surface area contributed by atoms with Crippen LogP contribution in [0, 0.1) is 0 Å². The Balaban J connectivity index is 2.71. The Hall–Kier alpha value is -2.43. The minimum absolute atomic E-state index is 0.0660. The molecule has 0 amide bonds. The predicted molar refractivity (Wildman–Crippen MR) is 68.7 cm³/mol. The molecule has 0 aliphatic carbocycles. The number of carbonyl (C=O) groups excluding carboxylic acids is 2. The first-order valence-corrected chi connectivity index (χ1v) is 5.74. The molecule has 0 heterocycles. The normalized spacial score (nSPS) is 10.4. The highest BCUT2D eigenvalue weighted by atomic mass is 16.5. The molecule has 19 heavy (non-hydrogen) atoms. The van der Waals surface area contributed by atoms with Crippen molar-refractivity contribution in [2.75, 3.05) is 6.61 Å². The van der Waals surface area contributed by atoms with Crippen LogP contribution < -0.4 is 0 Å². The number of aliphatic carboxylic acids is 1. The number of carboxylic acid groups (broad SMARTS) is 1. The third-order valence-corrected chi connectivity index (χ3v) is 2.24. The number of carboxylic acids is 1. The van der Waals surface area contributed by atoms with Gasteiger partial charge in [0.05, 0.1) is 13.0 Å². The van der Waals surface area contributed by atoms with Gasteiger partial charge >= 0.3 is 11.9 Å². The number of ether oxygens (including phenoxy) is 1. The quantitative estimate of drug-likeness (QED) is 0.481. The molecule has 1 N–H and O–H groups in total. The summed E-state index contributed by atoms with van der Waals surface area (Å²) in [7, 11) is 0. The zero-order valence-corrected chi connectivity index (χ0v) is 10.5. The molecular weight excluding hydrogens is 248 g/mol. The zero-order chi connectivity index (χ0) is 14.3. The van der Waals surface area contributed by atoms with E-state index in [4.69, 9.17) is 5.11 Å². The molecule has 1 aromatic carbocycles. The number of hydrogen-bond acceptors (Lipinski definition) is 4. The zero-order valence-electron chi connectivity index (χ0n) is 10.5. The molecule has 0 aliphatic rings. The highest BCUT2D eigenvalue weighted by Crippen LogP contribution is 2.08. The van der Waals surface area contributed by atoms with Gasteiger partial charge in [-0.2, -0.15) is 0 Å². The van der Waals surface area contributed by atoms with Gasteiger partial charge in [0.2, 0.25) is 0 Å². The van der Waals surface area contributed by atoms with Crippen molar-refractivity contribution in [3.05, 3.63) is 41.5 Å². The van der Waals surface area contributed by atoms with E-state index in [0.717, 1.165) is 5.56 Å². The van der Waals surface area contributed by atoms with Gasteiger partial charge in [-0.3, -0.25) is 9.59 Å². The van der Waals surface area contributed by atoms with E-state index in [2.05, 4.69) is 4.74 Å². The molecule has 0 atom stereocenters. The Morgan fingerprint density at radius 3 is 2.37 bits per heavy atom. The van der Waals surface area contributed by atoms with Crippen LogP contribution >= 0.6 is 0 Å².